The molecule has 7 heteroatoms. The number of ether oxygens (including phenoxy) is 1. The molecule has 0 aromatic heterocycles. The molecule has 2 N–H and O–H groups in total. The van der Waals surface area contributed by atoms with Crippen LogP contribution in [0, 0.1) is 0 Å². The van der Waals surface area contributed by atoms with Gasteiger partial charge in [-0.2, -0.15) is 0 Å². The Labute approximate surface area is 118 Å². The summed E-state index contributed by atoms with van der Waals surface area (Å²) in [5, 5.41) is 4.55. The third kappa shape index (κ3) is 3.94. The van der Waals surface area contributed by atoms with Crippen molar-refractivity contribution < 1.29 is 17.9 Å². The Kier molecular flexibility index (Phi) is 4.61. The predicted molar refractivity (Wildman–Crippen MR) is 74.3 cm³/mol. The Balaban J connectivity index is 1.80. The van der Waals surface area contributed by atoms with Crippen LogP contribution in [0.5, 0.6) is 0 Å². The molecule has 0 unspecified atom stereocenters. The Hall–Kier alpha value is -1.60. The second-order valence-corrected chi connectivity index (χ2v) is 6.66. The van der Waals surface area contributed by atoms with Gasteiger partial charge in [-0.05, 0) is 18.4 Å². The van der Waals surface area contributed by atoms with Crippen LogP contribution in [-0.4, -0.2) is 37.8 Å². The summed E-state index contributed by atoms with van der Waals surface area (Å²) in [5.74, 6) is 0. The molecule has 1 aliphatic heterocycles. The highest BCUT2D eigenvalue weighted by molar-refractivity contribution is 7.89. The molecule has 1 aliphatic rings. The Morgan fingerprint density at radius 1 is 1.25 bits per heavy atom. The van der Waals surface area contributed by atoms with Gasteiger partial charge in [0.2, 0.25) is 10.0 Å². The highest BCUT2D eigenvalue weighted by Gasteiger charge is 2.29. The molecule has 1 fully saturated rings. The maximum absolute atomic E-state index is 11.9. The van der Waals surface area contributed by atoms with Crippen LogP contribution in [0.4, 0.5) is 4.79 Å². The maximum Gasteiger partial charge on any atom is 0.410 e. The molecule has 0 aliphatic carbocycles. The van der Waals surface area contributed by atoms with Crippen LogP contribution in [0.15, 0.2) is 30.3 Å². The molecule has 1 saturated heterocycles. The largest absolute Gasteiger partial charge is 0.445 e. The first-order valence-corrected chi connectivity index (χ1v) is 8.05. The first-order valence-electron chi connectivity index (χ1n) is 6.44. The molecule has 1 aromatic carbocycles. The molecule has 0 saturated carbocycles. The lowest BCUT2D eigenvalue weighted by atomic mass is 10.1. The van der Waals surface area contributed by atoms with Gasteiger partial charge in [0.1, 0.15) is 6.61 Å². The number of piperidine rings is 1. The number of likely N-dealkylation sites (tertiary alicyclic amines) is 1. The number of hydrogen-bond donors (Lipinski definition) is 1. The van der Waals surface area contributed by atoms with E-state index in [4.69, 9.17) is 9.88 Å². The zero-order chi connectivity index (χ0) is 14.6. The van der Waals surface area contributed by atoms with Crippen molar-refractivity contribution in [3.63, 3.8) is 0 Å². The predicted octanol–water partition coefficient (Wildman–Crippen LogP) is 1.08. The van der Waals surface area contributed by atoms with Crippen molar-refractivity contribution in [2.24, 2.45) is 5.14 Å². The van der Waals surface area contributed by atoms with Crippen LogP contribution in [0.2, 0.25) is 0 Å². The highest BCUT2D eigenvalue weighted by Crippen LogP contribution is 2.16. The summed E-state index contributed by atoms with van der Waals surface area (Å²) in [6.07, 6.45) is 0.306. The average Bonchev–Trinajstić information content (AvgIpc) is 2.45. The van der Waals surface area contributed by atoms with Gasteiger partial charge in [0.05, 0.1) is 5.25 Å². The van der Waals surface area contributed by atoms with Crippen LogP contribution in [0.3, 0.4) is 0 Å². The number of nitrogens with two attached hydrogens (primary N) is 1. The lowest BCUT2D eigenvalue weighted by Gasteiger charge is -2.30. The van der Waals surface area contributed by atoms with E-state index in [2.05, 4.69) is 0 Å². The van der Waals surface area contributed by atoms with E-state index in [1.54, 1.807) is 0 Å². The third-order valence-electron chi connectivity index (χ3n) is 3.37. The summed E-state index contributed by atoms with van der Waals surface area (Å²) >= 11 is 0. The first kappa shape index (κ1) is 14.8. The fraction of sp³-hybridized carbons (Fsp3) is 0.462. The van der Waals surface area contributed by atoms with Crippen molar-refractivity contribution in [3.8, 4) is 0 Å². The molecule has 0 bridgehead atoms. The van der Waals surface area contributed by atoms with Crippen molar-refractivity contribution in [1.82, 2.24) is 4.90 Å². The summed E-state index contributed by atoms with van der Waals surface area (Å²) in [5.41, 5.74) is 0.917. The minimum Gasteiger partial charge on any atom is -0.445 e. The van der Waals surface area contributed by atoms with Crippen LogP contribution in [-0.2, 0) is 21.4 Å². The Morgan fingerprint density at radius 2 is 1.85 bits per heavy atom. The Bertz CT molecular complexity index is 551. The molecule has 20 heavy (non-hydrogen) atoms. The zero-order valence-electron chi connectivity index (χ0n) is 11.1. The molecule has 0 radical (unpaired) electrons. The van der Waals surface area contributed by atoms with Gasteiger partial charge in [0.25, 0.3) is 0 Å². The number of amides is 1. The first-order chi connectivity index (χ1) is 9.47. The van der Waals surface area contributed by atoms with Gasteiger partial charge in [-0.25, -0.2) is 18.4 Å². The van der Waals surface area contributed by atoms with Crippen molar-refractivity contribution in [2.75, 3.05) is 13.1 Å². The number of primary sulfonamides is 1. The monoisotopic (exact) mass is 298 g/mol. The highest BCUT2D eigenvalue weighted by atomic mass is 32.2. The minimum atomic E-state index is -3.51. The smallest absolute Gasteiger partial charge is 0.410 e. The number of sulfonamides is 1. The van der Waals surface area contributed by atoms with Gasteiger partial charge < -0.3 is 9.64 Å². The van der Waals surface area contributed by atoms with Crippen molar-refractivity contribution in [3.05, 3.63) is 35.9 Å². The minimum absolute atomic E-state index is 0.217. The number of nitrogens with zero attached hydrogens (tertiary/aromatic N) is 1. The number of carbonyl (C=O) groups is 1. The molecule has 2 rings (SSSR count). The van der Waals surface area contributed by atoms with Gasteiger partial charge in [-0.15, -0.1) is 0 Å². The second kappa shape index (κ2) is 6.23. The van der Waals surface area contributed by atoms with Crippen LogP contribution in [0.1, 0.15) is 18.4 Å². The van der Waals surface area contributed by atoms with E-state index < -0.39 is 21.4 Å². The van der Waals surface area contributed by atoms with Gasteiger partial charge in [-0.3, -0.25) is 0 Å². The molecule has 1 heterocycles. The van der Waals surface area contributed by atoms with Crippen LogP contribution >= 0.6 is 0 Å². The molecule has 1 amide bonds. The maximum atomic E-state index is 11.9. The van der Waals surface area contributed by atoms with E-state index in [1.165, 1.54) is 4.90 Å². The summed E-state index contributed by atoms with van der Waals surface area (Å²) in [4.78, 5) is 13.4. The van der Waals surface area contributed by atoms with Gasteiger partial charge in [0, 0.05) is 13.1 Å². The lowest BCUT2D eigenvalue weighted by Crippen LogP contribution is -2.44. The van der Waals surface area contributed by atoms with E-state index in [0.29, 0.717) is 25.9 Å². The summed E-state index contributed by atoms with van der Waals surface area (Å²) in [6.45, 7) is 0.929. The van der Waals surface area contributed by atoms with Crippen LogP contribution < -0.4 is 5.14 Å². The number of hydrogen-bond acceptors (Lipinski definition) is 4. The molecule has 110 valence electrons. The topological polar surface area (TPSA) is 89.7 Å². The molecule has 6 nitrogen and oxygen atoms in total. The molecular formula is C13H18N2O4S. The third-order valence-corrected chi connectivity index (χ3v) is 4.77. The molecular weight excluding hydrogens is 280 g/mol. The number of carbonyl (C=O) groups excluding carboxylic acids is 1. The normalized spacial score (nSPS) is 16.9. The van der Waals surface area contributed by atoms with Crippen molar-refractivity contribution in [1.29, 1.82) is 0 Å². The second-order valence-electron chi connectivity index (χ2n) is 4.82. The van der Waals surface area contributed by atoms with E-state index >= 15 is 0 Å². The Morgan fingerprint density at radius 3 is 2.40 bits per heavy atom. The summed E-state index contributed by atoms with van der Waals surface area (Å²) < 4.78 is 27.6. The molecule has 1 aromatic rings. The van der Waals surface area contributed by atoms with E-state index in [0.717, 1.165) is 5.56 Å². The van der Waals surface area contributed by atoms with Gasteiger partial charge in [0.15, 0.2) is 0 Å². The number of benzene rings is 1. The fourth-order valence-corrected chi connectivity index (χ4v) is 3.05. The fourth-order valence-electron chi connectivity index (χ4n) is 2.18. The van der Waals surface area contributed by atoms with Crippen LogP contribution in [0.25, 0.3) is 0 Å². The molecule has 0 atom stereocenters. The lowest BCUT2D eigenvalue weighted by molar-refractivity contribution is 0.0897. The van der Waals surface area contributed by atoms with E-state index in [9.17, 15) is 13.2 Å². The average molecular weight is 298 g/mol. The number of rotatable bonds is 3. The summed E-state index contributed by atoms with van der Waals surface area (Å²) in [6, 6.07) is 9.39. The molecule has 0 spiro atoms. The SMILES string of the molecule is NS(=O)(=O)C1CCN(C(=O)OCc2ccccc2)CC1. The standard InChI is InChI=1S/C13H18N2O4S/c14-20(17,18)12-6-8-15(9-7-12)13(16)19-10-11-4-2-1-3-5-11/h1-5,12H,6-10H2,(H2,14,17,18). The summed E-state index contributed by atoms with van der Waals surface area (Å²) in [7, 11) is -3.51. The van der Waals surface area contributed by atoms with E-state index in [1.807, 2.05) is 30.3 Å². The van der Waals surface area contributed by atoms with Crippen molar-refractivity contribution in [2.45, 2.75) is 24.7 Å². The van der Waals surface area contributed by atoms with Crippen molar-refractivity contribution >= 4 is 16.1 Å². The van der Waals surface area contributed by atoms with Gasteiger partial charge >= 0.3 is 6.09 Å². The quantitative estimate of drug-likeness (QED) is 0.904. The van der Waals surface area contributed by atoms with Gasteiger partial charge in [-0.1, -0.05) is 30.3 Å². The zero-order valence-corrected chi connectivity index (χ0v) is 11.9. The van der Waals surface area contributed by atoms with E-state index in [-0.39, 0.29) is 6.61 Å².